The summed E-state index contributed by atoms with van der Waals surface area (Å²) in [6.07, 6.45) is 1.97. The van der Waals surface area contributed by atoms with Crippen LogP contribution >= 0.6 is 0 Å². The molecule has 0 atom stereocenters. The van der Waals surface area contributed by atoms with Gasteiger partial charge in [0.05, 0.1) is 18.8 Å². The summed E-state index contributed by atoms with van der Waals surface area (Å²) in [5.74, 6) is 0.462. The van der Waals surface area contributed by atoms with Gasteiger partial charge in [-0.25, -0.2) is 0 Å². The minimum atomic E-state index is -0.161. The molecule has 0 aromatic heterocycles. The molecular formula is C13H18N2O3. The number of carbonyl (C=O) groups is 1. The molecule has 5 heteroatoms. The van der Waals surface area contributed by atoms with Gasteiger partial charge in [-0.3, -0.25) is 4.79 Å². The zero-order chi connectivity index (χ0) is 13.1. The second kappa shape index (κ2) is 5.27. The highest BCUT2D eigenvalue weighted by atomic mass is 16.5. The molecule has 2 rings (SSSR count). The summed E-state index contributed by atoms with van der Waals surface area (Å²) in [5, 5.41) is 2.93. The van der Waals surface area contributed by atoms with Crippen molar-refractivity contribution in [2.24, 2.45) is 0 Å². The van der Waals surface area contributed by atoms with Gasteiger partial charge >= 0.3 is 0 Å². The lowest BCUT2D eigenvalue weighted by Crippen LogP contribution is -2.47. The number of hydrogen-bond acceptors (Lipinski definition) is 4. The fourth-order valence-corrected chi connectivity index (χ4v) is 2.00. The Morgan fingerprint density at radius 1 is 1.39 bits per heavy atom. The molecule has 18 heavy (non-hydrogen) atoms. The van der Waals surface area contributed by atoms with Crippen LogP contribution < -0.4 is 15.8 Å². The first-order chi connectivity index (χ1) is 8.63. The zero-order valence-corrected chi connectivity index (χ0v) is 10.6. The molecule has 0 radical (unpaired) electrons. The third kappa shape index (κ3) is 2.56. The first kappa shape index (κ1) is 12.7. The molecule has 1 aromatic carbocycles. The fourth-order valence-electron chi connectivity index (χ4n) is 2.00. The molecule has 0 spiro atoms. The Bertz CT molecular complexity index is 442. The largest absolute Gasteiger partial charge is 0.497 e. The van der Waals surface area contributed by atoms with E-state index in [9.17, 15) is 4.79 Å². The summed E-state index contributed by atoms with van der Waals surface area (Å²) >= 11 is 0. The van der Waals surface area contributed by atoms with E-state index in [0.29, 0.717) is 17.0 Å². The van der Waals surface area contributed by atoms with E-state index >= 15 is 0 Å². The highest BCUT2D eigenvalue weighted by Gasteiger charge is 2.30. The topological polar surface area (TPSA) is 73.6 Å². The predicted molar refractivity (Wildman–Crippen MR) is 68.7 cm³/mol. The summed E-state index contributed by atoms with van der Waals surface area (Å²) < 4.78 is 10.3. The predicted octanol–water partition coefficient (Wildman–Crippen LogP) is 1.18. The monoisotopic (exact) mass is 250 g/mol. The Hall–Kier alpha value is -1.75. The number of rotatable bonds is 4. The van der Waals surface area contributed by atoms with Crippen LogP contribution in [0.2, 0.25) is 0 Å². The number of amides is 1. The van der Waals surface area contributed by atoms with Gasteiger partial charge in [0.25, 0.3) is 5.91 Å². The Balaban J connectivity index is 2.00. The third-order valence-corrected chi connectivity index (χ3v) is 3.27. The van der Waals surface area contributed by atoms with E-state index in [4.69, 9.17) is 15.2 Å². The van der Waals surface area contributed by atoms with Crippen LogP contribution in [-0.4, -0.2) is 32.3 Å². The second-order valence-corrected chi connectivity index (χ2v) is 4.45. The molecule has 0 unspecified atom stereocenters. The lowest BCUT2D eigenvalue weighted by molar-refractivity contribution is 0.0176. The highest BCUT2D eigenvalue weighted by Crippen LogP contribution is 2.24. The van der Waals surface area contributed by atoms with Gasteiger partial charge in [-0.05, 0) is 31.0 Å². The average molecular weight is 250 g/mol. The van der Waals surface area contributed by atoms with E-state index in [0.717, 1.165) is 12.8 Å². The van der Waals surface area contributed by atoms with Crippen LogP contribution in [0.15, 0.2) is 18.2 Å². The van der Waals surface area contributed by atoms with E-state index in [1.807, 2.05) is 0 Å². The first-order valence-corrected chi connectivity index (χ1v) is 5.91. The number of carbonyl (C=O) groups excluding carboxylic acids is 1. The van der Waals surface area contributed by atoms with Crippen LogP contribution in [-0.2, 0) is 4.74 Å². The third-order valence-electron chi connectivity index (χ3n) is 3.27. The van der Waals surface area contributed by atoms with E-state index in [2.05, 4.69) is 5.32 Å². The van der Waals surface area contributed by atoms with Gasteiger partial charge in [0.1, 0.15) is 5.75 Å². The summed E-state index contributed by atoms with van der Waals surface area (Å²) in [5.41, 5.74) is 6.70. The number of nitrogen functional groups attached to an aromatic ring is 1. The maximum absolute atomic E-state index is 12.0. The molecule has 1 aromatic rings. The second-order valence-electron chi connectivity index (χ2n) is 4.45. The van der Waals surface area contributed by atoms with Crippen LogP contribution in [0.5, 0.6) is 5.75 Å². The van der Waals surface area contributed by atoms with Gasteiger partial charge in [0.15, 0.2) is 0 Å². The van der Waals surface area contributed by atoms with Crippen molar-refractivity contribution in [3.63, 3.8) is 0 Å². The minimum absolute atomic E-state index is 0.161. The number of anilines is 1. The van der Waals surface area contributed by atoms with Crippen LogP contribution in [0.4, 0.5) is 5.69 Å². The Labute approximate surface area is 106 Å². The summed E-state index contributed by atoms with van der Waals surface area (Å²) in [6.45, 7) is 0. The number of nitrogens with two attached hydrogens (primary N) is 1. The molecule has 0 heterocycles. The number of benzene rings is 1. The first-order valence-electron chi connectivity index (χ1n) is 5.91. The van der Waals surface area contributed by atoms with Gasteiger partial charge in [-0.15, -0.1) is 0 Å². The average Bonchev–Trinajstić information content (AvgIpc) is 2.33. The Morgan fingerprint density at radius 3 is 2.72 bits per heavy atom. The lowest BCUT2D eigenvalue weighted by atomic mass is 9.89. The maximum Gasteiger partial charge on any atom is 0.253 e. The molecule has 0 saturated heterocycles. The molecule has 1 fully saturated rings. The van der Waals surface area contributed by atoms with Crippen LogP contribution in [0.25, 0.3) is 0 Å². The van der Waals surface area contributed by atoms with Crippen molar-refractivity contribution in [2.75, 3.05) is 20.0 Å². The SMILES string of the molecule is COc1ccc(N)c(C(=O)NC2CC(OC)C2)c1. The zero-order valence-electron chi connectivity index (χ0n) is 10.6. The molecule has 1 amide bonds. The van der Waals surface area contributed by atoms with E-state index in [1.165, 1.54) is 0 Å². The standard InChI is InChI=1S/C13H18N2O3/c1-17-9-3-4-12(14)11(7-9)13(16)15-8-5-10(6-8)18-2/h3-4,7-8,10H,5-6,14H2,1-2H3,(H,15,16). The maximum atomic E-state index is 12.0. The molecule has 5 nitrogen and oxygen atoms in total. The quantitative estimate of drug-likeness (QED) is 0.787. The summed E-state index contributed by atoms with van der Waals surface area (Å²) in [6, 6.07) is 5.23. The molecule has 1 aliphatic rings. The number of ether oxygens (including phenoxy) is 2. The molecular weight excluding hydrogens is 232 g/mol. The molecule has 3 N–H and O–H groups in total. The van der Waals surface area contributed by atoms with Crippen molar-refractivity contribution in [2.45, 2.75) is 25.0 Å². The Morgan fingerprint density at radius 2 is 2.11 bits per heavy atom. The van der Waals surface area contributed by atoms with Crippen LogP contribution in [0.1, 0.15) is 23.2 Å². The van der Waals surface area contributed by atoms with Crippen LogP contribution in [0, 0.1) is 0 Å². The fraction of sp³-hybridized carbons (Fsp3) is 0.462. The highest BCUT2D eigenvalue weighted by molar-refractivity contribution is 5.99. The number of methoxy groups -OCH3 is 2. The van der Waals surface area contributed by atoms with E-state index in [1.54, 1.807) is 32.4 Å². The minimum Gasteiger partial charge on any atom is -0.497 e. The van der Waals surface area contributed by atoms with E-state index in [-0.39, 0.29) is 18.1 Å². The van der Waals surface area contributed by atoms with Crippen molar-refractivity contribution < 1.29 is 14.3 Å². The molecule has 0 bridgehead atoms. The van der Waals surface area contributed by atoms with Gasteiger partial charge < -0.3 is 20.5 Å². The smallest absolute Gasteiger partial charge is 0.253 e. The number of hydrogen-bond donors (Lipinski definition) is 2. The van der Waals surface area contributed by atoms with Gasteiger partial charge in [-0.2, -0.15) is 0 Å². The number of nitrogens with one attached hydrogen (secondary N) is 1. The van der Waals surface area contributed by atoms with Crippen molar-refractivity contribution in [1.82, 2.24) is 5.32 Å². The van der Waals surface area contributed by atoms with Crippen molar-refractivity contribution in [3.05, 3.63) is 23.8 Å². The van der Waals surface area contributed by atoms with Gasteiger partial charge in [0, 0.05) is 18.8 Å². The van der Waals surface area contributed by atoms with Crippen LogP contribution in [0.3, 0.4) is 0 Å². The molecule has 98 valence electrons. The molecule has 1 saturated carbocycles. The normalized spacial score (nSPS) is 22.1. The Kier molecular flexibility index (Phi) is 3.72. The van der Waals surface area contributed by atoms with Crippen molar-refractivity contribution in [1.29, 1.82) is 0 Å². The van der Waals surface area contributed by atoms with Gasteiger partial charge in [0.2, 0.25) is 0 Å². The van der Waals surface area contributed by atoms with E-state index < -0.39 is 0 Å². The summed E-state index contributed by atoms with van der Waals surface area (Å²) in [4.78, 5) is 12.0. The molecule has 0 aliphatic heterocycles. The van der Waals surface area contributed by atoms with Gasteiger partial charge in [-0.1, -0.05) is 0 Å². The van der Waals surface area contributed by atoms with Crippen molar-refractivity contribution >= 4 is 11.6 Å². The lowest BCUT2D eigenvalue weighted by Gasteiger charge is -2.34. The molecule has 1 aliphatic carbocycles. The van der Waals surface area contributed by atoms with Crippen molar-refractivity contribution in [3.8, 4) is 5.75 Å². The summed E-state index contributed by atoms with van der Waals surface area (Å²) in [7, 11) is 3.24.